The van der Waals surface area contributed by atoms with Crippen LogP contribution in [0.3, 0.4) is 0 Å². The number of carboxylic acids is 1. The van der Waals surface area contributed by atoms with E-state index in [1.165, 1.54) is 4.68 Å². The number of anilines is 1. The molecule has 0 saturated carbocycles. The van der Waals surface area contributed by atoms with Crippen molar-refractivity contribution in [1.29, 1.82) is 0 Å². The van der Waals surface area contributed by atoms with Gasteiger partial charge in [-0.2, -0.15) is 5.10 Å². The lowest BCUT2D eigenvalue weighted by molar-refractivity contribution is -0.137. The fourth-order valence-corrected chi connectivity index (χ4v) is 2.97. The molecule has 0 unspecified atom stereocenters. The minimum atomic E-state index is -0.881. The molecule has 8 nitrogen and oxygen atoms in total. The molecule has 2 aromatic rings. The van der Waals surface area contributed by atoms with Crippen molar-refractivity contribution in [2.24, 2.45) is 0 Å². The van der Waals surface area contributed by atoms with E-state index >= 15 is 0 Å². The average molecular weight is 316 g/mol. The zero-order valence-electron chi connectivity index (χ0n) is 12.8. The Hall–Kier alpha value is -2.48. The van der Waals surface area contributed by atoms with Gasteiger partial charge in [-0.1, -0.05) is 0 Å². The van der Waals surface area contributed by atoms with Crippen molar-refractivity contribution >= 4 is 11.9 Å². The normalized spacial score (nSPS) is 18.9. The molecule has 3 rings (SSSR count). The maximum Gasteiger partial charge on any atom is 0.325 e. The number of hydrogen-bond donors (Lipinski definition) is 2. The van der Waals surface area contributed by atoms with E-state index in [9.17, 15) is 4.79 Å². The highest BCUT2D eigenvalue weighted by Gasteiger charge is 2.23. The summed E-state index contributed by atoms with van der Waals surface area (Å²) in [6.45, 7) is 2.61. The summed E-state index contributed by atoms with van der Waals surface area (Å²) in [5, 5.41) is 13.2. The summed E-state index contributed by atoms with van der Waals surface area (Å²) < 4.78 is 1.48. The van der Waals surface area contributed by atoms with Gasteiger partial charge in [0.05, 0.1) is 5.69 Å². The molecule has 0 spiro atoms. The molecule has 1 aliphatic heterocycles. The van der Waals surface area contributed by atoms with Crippen molar-refractivity contribution in [1.82, 2.24) is 24.6 Å². The molecule has 0 amide bonds. The van der Waals surface area contributed by atoms with Crippen LogP contribution in [0.5, 0.6) is 0 Å². The summed E-state index contributed by atoms with van der Waals surface area (Å²) >= 11 is 0. The van der Waals surface area contributed by atoms with Gasteiger partial charge in [0.15, 0.2) is 0 Å². The van der Waals surface area contributed by atoms with Crippen molar-refractivity contribution in [2.45, 2.75) is 31.8 Å². The van der Waals surface area contributed by atoms with Gasteiger partial charge in [-0.25, -0.2) is 9.97 Å². The molecule has 0 aromatic carbocycles. The Morgan fingerprint density at radius 2 is 2.17 bits per heavy atom. The van der Waals surface area contributed by atoms with Gasteiger partial charge in [-0.3, -0.25) is 14.4 Å². The van der Waals surface area contributed by atoms with E-state index in [1.54, 1.807) is 18.6 Å². The summed E-state index contributed by atoms with van der Waals surface area (Å²) in [7, 11) is 0. The summed E-state index contributed by atoms with van der Waals surface area (Å²) in [6, 6.07) is 1.92. The average Bonchev–Trinajstić information content (AvgIpc) is 2.98. The zero-order chi connectivity index (χ0) is 16.2. The summed E-state index contributed by atoms with van der Waals surface area (Å²) in [5.74, 6) is -0.268. The van der Waals surface area contributed by atoms with Gasteiger partial charge >= 0.3 is 5.97 Å². The zero-order valence-corrected chi connectivity index (χ0v) is 12.8. The number of rotatable bonds is 5. The molecule has 23 heavy (non-hydrogen) atoms. The van der Waals surface area contributed by atoms with Crippen LogP contribution in [0, 0.1) is 0 Å². The van der Waals surface area contributed by atoms with Crippen LogP contribution in [0.25, 0.3) is 0 Å². The highest BCUT2D eigenvalue weighted by molar-refractivity contribution is 5.66. The Labute approximate surface area is 134 Å². The minimum Gasteiger partial charge on any atom is -0.480 e. The number of aliphatic carboxylic acids is 1. The fraction of sp³-hybridized carbons (Fsp3) is 0.467. The van der Waals surface area contributed by atoms with Crippen LogP contribution in [-0.2, 0) is 17.9 Å². The maximum absolute atomic E-state index is 10.7. The molecule has 2 aromatic heterocycles. The number of aromatic nitrogens is 4. The van der Waals surface area contributed by atoms with Crippen LogP contribution in [0.2, 0.25) is 0 Å². The first-order chi connectivity index (χ1) is 11.1. The Bertz CT molecular complexity index is 669. The van der Waals surface area contributed by atoms with Crippen LogP contribution in [0.1, 0.15) is 30.0 Å². The largest absolute Gasteiger partial charge is 0.480 e. The minimum absolute atomic E-state index is 0.0980. The van der Waals surface area contributed by atoms with Crippen molar-refractivity contribution < 1.29 is 9.90 Å². The maximum atomic E-state index is 10.7. The Morgan fingerprint density at radius 3 is 2.91 bits per heavy atom. The van der Waals surface area contributed by atoms with Gasteiger partial charge in [0.1, 0.15) is 6.54 Å². The predicted octanol–water partition coefficient (Wildman–Crippen LogP) is 0.719. The van der Waals surface area contributed by atoms with Crippen molar-refractivity contribution in [3.05, 3.63) is 35.9 Å². The van der Waals surface area contributed by atoms with Gasteiger partial charge in [-0.05, 0) is 25.5 Å². The molecule has 1 fully saturated rings. The highest BCUT2D eigenvalue weighted by Crippen LogP contribution is 2.26. The lowest BCUT2D eigenvalue weighted by atomic mass is 9.95. The predicted molar refractivity (Wildman–Crippen MR) is 83.6 cm³/mol. The SMILES string of the molecule is Nc1ncc(CN2CCC[C@H](c3ccn(CC(=O)O)n3)C2)cn1. The van der Waals surface area contributed by atoms with Gasteiger partial charge in [0, 0.05) is 43.2 Å². The number of nitrogens with zero attached hydrogens (tertiary/aromatic N) is 5. The highest BCUT2D eigenvalue weighted by atomic mass is 16.4. The smallest absolute Gasteiger partial charge is 0.325 e. The van der Waals surface area contributed by atoms with Gasteiger partial charge in [-0.15, -0.1) is 0 Å². The molecule has 0 bridgehead atoms. The number of nitrogens with two attached hydrogens (primary N) is 1. The van der Waals surface area contributed by atoms with Gasteiger partial charge in [0.2, 0.25) is 5.95 Å². The lowest BCUT2D eigenvalue weighted by Gasteiger charge is -2.31. The van der Waals surface area contributed by atoms with Crippen molar-refractivity contribution in [2.75, 3.05) is 18.8 Å². The number of nitrogen functional groups attached to an aromatic ring is 1. The second-order valence-electron chi connectivity index (χ2n) is 5.86. The van der Waals surface area contributed by atoms with Crippen molar-refractivity contribution in [3.8, 4) is 0 Å². The number of hydrogen-bond acceptors (Lipinski definition) is 6. The third kappa shape index (κ3) is 4.04. The lowest BCUT2D eigenvalue weighted by Crippen LogP contribution is -2.34. The molecule has 1 saturated heterocycles. The molecule has 0 radical (unpaired) electrons. The summed E-state index contributed by atoms with van der Waals surface area (Å²) in [5.41, 5.74) is 7.51. The van der Waals surface area contributed by atoms with Gasteiger partial charge < -0.3 is 10.8 Å². The quantitative estimate of drug-likeness (QED) is 0.836. The van der Waals surface area contributed by atoms with E-state index in [-0.39, 0.29) is 12.5 Å². The number of carboxylic acid groups (broad SMARTS) is 1. The third-order valence-electron chi connectivity index (χ3n) is 4.01. The van der Waals surface area contributed by atoms with Crippen LogP contribution < -0.4 is 5.73 Å². The Kier molecular flexibility index (Phi) is 4.52. The van der Waals surface area contributed by atoms with E-state index < -0.39 is 5.97 Å². The standard InChI is InChI=1S/C15H20N6O2/c16-15-17-6-11(7-18-15)8-20-4-1-2-12(9-20)13-3-5-21(19-13)10-14(22)23/h3,5-7,12H,1-2,4,8-10H2,(H,22,23)(H2,16,17,18)/t12-/m0/s1. The molecule has 3 heterocycles. The van der Waals surface area contributed by atoms with Gasteiger partial charge in [0.25, 0.3) is 0 Å². The Morgan fingerprint density at radius 1 is 1.39 bits per heavy atom. The first-order valence-electron chi connectivity index (χ1n) is 7.64. The van der Waals surface area contributed by atoms with E-state index in [1.807, 2.05) is 6.07 Å². The molecule has 1 atom stereocenters. The molecule has 3 N–H and O–H groups in total. The number of carbonyl (C=O) groups is 1. The summed E-state index contributed by atoms with van der Waals surface area (Å²) in [6.07, 6.45) is 7.41. The molecule has 8 heteroatoms. The second kappa shape index (κ2) is 6.74. The monoisotopic (exact) mass is 316 g/mol. The van der Waals surface area contributed by atoms with E-state index in [4.69, 9.17) is 10.8 Å². The number of likely N-dealkylation sites (tertiary alicyclic amines) is 1. The van der Waals surface area contributed by atoms with E-state index in [2.05, 4.69) is 20.0 Å². The fourth-order valence-electron chi connectivity index (χ4n) is 2.97. The first-order valence-corrected chi connectivity index (χ1v) is 7.64. The third-order valence-corrected chi connectivity index (χ3v) is 4.01. The first kappa shape index (κ1) is 15.4. The molecule has 0 aliphatic carbocycles. The summed E-state index contributed by atoms with van der Waals surface area (Å²) in [4.78, 5) is 21.1. The molecular formula is C15H20N6O2. The van der Waals surface area contributed by atoms with Crippen LogP contribution in [0.15, 0.2) is 24.7 Å². The van der Waals surface area contributed by atoms with E-state index in [0.29, 0.717) is 5.92 Å². The Balaban J connectivity index is 1.62. The molecule has 1 aliphatic rings. The van der Waals surface area contributed by atoms with Crippen LogP contribution in [-0.4, -0.2) is 48.8 Å². The molecule has 122 valence electrons. The van der Waals surface area contributed by atoms with Crippen LogP contribution >= 0.6 is 0 Å². The van der Waals surface area contributed by atoms with Crippen molar-refractivity contribution in [3.63, 3.8) is 0 Å². The second-order valence-corrected chi connectivity index (χ2v) is 5.86. The topological polar surface area (TPSA) is 110 Å². The number of piperidine rings is 1. The van der Waals surface area contributed by atoms with Crippen LogP contribution in [0.4, 0.5) is 5.95 Å². The molecular weight excluding hydrogens is 296 g/mol. The van der Waals surface area contributed by atoms with E-state index in [0.717, 1.165) is 43.7 Å².